The van der Waals surface area contributed by atoms with Crippen molar-refractivity contribution < 1.29 is 14.7 Å². The summed E-state index contributed by atoms with van der Waals surface area (Å²) < 4.78 is 0. The average Bonchev–Trinajstić information content (AvgIpc) is 2.90. The van der Waals surface area contributed by atoms with Crippen LogP contribution < -0.4 is 0 Å². The van der Waals surface area contributed by atoms with Gasteiger partial charge in [-0.05, 0) is 24.7 Å². The lowest BCUT2D eigenvalue weighted by atomic mass is 9.90. The molecule has 1 aromatic rings. The van der Waals surface area contributed by atoms with Crippen molar-refractivity contribution in [2.24, 2.45) is 11.3 Å². The topological polar surface area (TPSA) is 99.2 Å². The maximum atomic E-state index is 12.1. The quantitative estimate of drug-likeness (QED) is 0.833. The lowest BCUT2D eigenvalue weighted by Gasteiger charge is -2.32. The number of aromatic nitrogens is 3. The molecule has 7 nitrogen and oxygen atoms in total. The van der Waals surface area contributed by atoms with Gasteiger partial charge in [-0.25, -0.2) is 0 Å². The summed E-state index contributed by atoms with van der Waals surface area (Å²) in [4.78, 5) is 24.9. The summed E-state index contributed by atoms with van der Waals surface area (Å²) in [6.07, 6.45) is 5.07. The third kappa shape index (κ3) is 2.39. The molecule has 20 heavy (non-hydrogen) atoms. The van der Waals surface area contributed by atoms with E-state index in [4.69, 9.17) is 5.11 Å². The first kappa shape index (κ1) is 13.1. The second-order valence-corrected chi connectivity index (χ2v) is 5.80. The lowest BCUT2D eigenvalue weighted by molar-refractivity contribution is -0.139. The number of hydrogen-bond acceptors (Lipinski definition) is 4. The minimum absolute atomic E-state index is 0.0191. The fourth-order valence-electron chi connectivity index (χ4n) is 3.19. The van der Waals surface area contributed by atoms with Crippen LogP contribution in [0.25, 0.3) is 0 Å². The van der Waals surface area contributed by atoms with Crippen molar-refractivity contribution in [3.63, 3.8) is 0 Å². The van der Waals surface area contributed by atoms with Crippen LogP contribution >= 0.6 is 0 Å². The van der Waals surface area contributed by atoms with Gasteiger partial charge in [0.05, 0.1) is 17.8 Å². The number of likely N-dealkylation sites (tertiary alicyclic amines) is 1. The van der Waals surface area contributed by atoms with Gasteiger partial charge in [-0.1, -0.05) is 0 Å². The van der Waals surface area contributed by atoms with E-state index in [1.54, 1.807) is 6.20 Å². The first-order valence-electron chi connectivity index (χ1n) is 6.96. The van der Waals surface area contributed by atoms with Gasteiger partial charge in [0.1, 0.15) is 0 Å². The summed E-state index contributed by atoms with van der Waals surface area (Å²) in [5, 5.41) is 19.2. The van der Waals surface area contributed by atoms with Gasteiger partial charge < -0.3 is 10.0 Å². The predicted molar refractivity (Wildman–Crippen MR) is 68.7 cm³/mol. The predicted octanol–water partition coefficient (Wildman–Crippen LogP) is 0.451. The number of nitrogens with zero attached hydrogens (tertiary/aromatic N) is 3. The molecule has 2 fully saturated rings. The number of aliphatic carboxylic acids is 1. The zero-order valence-corrected chi connectivity index (χ0v) is 11.2. The summed E-state index contributed by atoms with van der Waals surface area (Å²) in [7, 11) is 0. The Labute approximate surface area is 116 Å². The molecule has 1 aromatic heterocycles. The smallest absolute Gasteiger partial charge is 0.307 e. The van der Waals surface area contributed by atoms with E-state index in [1.165, 1.54) is 0 Å². The molecule has 1 aliphatic heterocycles. The fourth-order valence-corrected chi connectivity index (χ4v) is 3.19. The van der Waals surface area contributed by atoms with Crippen LogP contribution in [0.1, 0.15) is 31.4 Å². The zero-order valence-electron chi connectivity index (χ0n) is 11.2. The van der Waals surface area contributed by atoms with Crippen molar-refractivity contribution in [2.45, 2.75) is 32.1 Å². The molecule has 1 spiro atoms. The van der Waals surface area contributed by atoms with E-state index in [2.05, 4.69) is 15.4 Å². The van der Waals surface area contributed by atoms with Crippen LogP contribution in [-0.4, -0.2) is 50.4 Å². The highest BCUT2D eigenvalue weighted by Crippen LogP contribution is 2.59. The van der Waals surface area contributed by atoms with Crippen LogP contribution in [0.15, 0.2) is 6.20 Å². The second kappa shape index (κ2) is 4.88. The number of carbonyl (C=O) groups excluding carboxylic acids is 1. The normalized spacial score (nSPS) is 23.8. The standard InChI is InChI=1S/C13H18N4O3/c18-11(2-1-9-8-14-16-15-9)17-5-3-13(4-6-17)7-10(13)12(19)20/h8,10H,1-7H2,(H,19,20)(H,14,15,16). The third-order valence-corrected chi connectivity index (χ3v) is 4.66. The minimum Gasteiger partial charge on any atom is -0.481 e. The van der Waals surface area contributed by atoms with Crippen molar-refractivity contribution in [3.05, 3.63) is 11.9 Å². The van der Waals surface area contributed by atoms with Gasteiger partial charge in [-0.3, -0.25) is 9.59 Å². The molecule has 108 valence electrons. The van der Waals surface area contributed by atoms with Crippen molar-refractivity contribution in [2.75, 3.05) is 13.1 Å². The van der Waals surface area contributed by atoms with Gasteiger partial charge in [-0.15, -0.1) is 0 Å². The minimum atomic E-state index is -0.684. The Hall–Kier alpha value is -1.92. The number of amides is 1. The van der Waals surface area contributed by atoms with Gasteiger partial charge in [0.2, 0.25) is 5.91 Å². The van der Waals surface area contributed by atoms with Crippen LogP contribution in [0.3, 0.4) is 0 Å². The summed E-state index contributed by atoms with van der Waals surface area (Å²) in [5.74, 6) is -0.749. The van der Waals surface area contributed by atoms with Gasteiger partial charge in [0.15, 0.2) is 0 Å². The number of aryl methyl sites for hydroxylation is 1. The second-order valence-electron chi connectivity index (χ2n) is 5.80. The van der Waals surface area contributed by atoms with E-state index < -0.39 is 5.97 Å². The Bertz CT molecular complexity index is 506. The maximum absolute atomic E-state index is 12.1. The van der Waals surface area contributed by atoms with Gasteiger partial charge in [-0.2, -0.15) is 15.4 Å². The molecule has 2 N–H and O–H groups in total. The van der Waals surface area contributed by atoms with Crippen molar-refractivity contribution >= 4 is 11.9 Å². The number of carbonyl (C=O) groups is 2. The monoisotopic (exact) mass is 278 g/mol. The largest absolute Gasteiger partial charge is 0.481 e. The molecular formula is C13H18N4O3. The van der Waals surface area contributed by atoms with Crippen LogP contribution in [0, 0.1) is 11.3 Å². The van der Waals surface area contributed by atoms with Crippen molar-refractivity contribution in [1.82, 2.24) is 20.3 Å². The number of nitrogens with one attached hydrogen (secondary N) is 1. The zero-order chi connectivity index (χ0) is 14.2. The van der Waals surface area contributed by atoms with Gasteiger partial charge in [0.25, 0.3) is 0 Å². The molecule has 0 bridgehead atoms. The number of carboxylic acids is 1. The molecule has 1 saturated heterocycles. The molecule has 0 aromatic carbocycles. The van der Waals surface area contributed by atoms with E-state index in [0.717, 1.165) is 25.0 Å². The third-order valence-electron chi connectivity index (χ3n) is 4.66. The van der Waals surface area contributed by atoms with E-state index in [1.807, 2.05) is 4.90 Å². The van der Waals surface area contributed by atoms with Gasteiger partial charge >= 0.3 is 5.97 Å². The molecule has 7 heteroatoms. The van der Waals surface area contributed by atoms with Crippen LogP contribution in [-0.2, 0) is 16.0 Å². The average molecular weight is 278 g/mol. The number of aromatic amines is 1. The maximum Gasteiger partial charge on any atom is 0.307 e. The Morgan fingerprint density at radius 1 is 1.45 bits per heavy atom. The SMILES string of the molecule is O=C(O)C1CC12CCN(C(=O)CCc1cn[nH]n1)CC2. The van der Waals surface area contributed by atoms with Crippen LogP contribution in [0.4, 0.5) is 0 Å². The highest BCUT2D eigenvalue weighted by atomic mass is 16.4. The fraction of sp³-hybridized carbons (Fsp3) is 0.692. The highest BCUT2D eigenvalue weighted by molar-refractivity contribution is 5.77. The molecule has 2 aliphatic rings. The molecule has 1 saturated carbocycles. The van der Waals surface area contributed by atoms with Crippen molar-refractivity contribution in [3.8, 4) is 0 Å². The van der Waals surface area contributed by atoms with E-state index >= 15 is 0 Å². The van der Waals surface area contributed by atoms with E-state index in [9.17, 15) is 9.59 Å². The lowest BCUT2D eigenvalue weighted by Crippen LogP contribution is -2.40. The number of rotatable bonds is 4. The number of H-pyrrole nitrogens is 1. The summed E-state index contributed by atoms with van der Waals surface area (Å²) >= 11 is 0. The van der Waals surface area contributed by atoms with E-state index in [-0.39, 0.29) is 17.2 Å². The summed E-state index contributed by atoms with van der Waals surface area (Å²) in [6, 6.07) is 0. The van der Waals surface area contributed by atoms with Crippen LogP contribution in [0.2, 0.25) is 0 Å². The van der Waals surface area contributed by atoms with Crippen LogP contribution in [0.5, 0.6) is 0 Å². The highest BCUT2D eigenvalue weighted by Gasteiger charge is 2.59. The Morgan fingerprint density at radius 2 is 2.20 bits per heavy atom. The first-order chi connectivity index (χ1) is 9.61. The Kier molecular flexibility index (Phi) is 3.19. The van der Waals surface area contributed by atoms with E-state index in [0.29, 0.717) is 25.9 Å². The number of hydrogen-bond donors (Lipinski definition) is 2. The summed E-state index contributed by atoms with van der Waals surface area (Å²) in [6.45, 7) is 1.36. The number of piperidine rings is 1. The molecule has 2 heterocycles. The molecule has 1 unspecified atom stereocenters. The molecule has 1 amide bonds. The molecular weight excluding hydrogens is 260 g/mol. The molecule has 1 atom stereocenters. The first-order valence-corrected chi connectivity index (χ1v) is 6.96. The summed E-state index contributed by atoms with van der Waals surface area (Å²) in [5.41, 5.74) is 0.773. The Balaban J connectivity index is 1.46. The molecule has 1 aliphatic carbocycles. The number of carboxylic acid groups (broad SMARTS) is 1. The molecule has 0 radical (unpaired) electrons. The van der Waals surface area contributed by atoms with Gasteiger partial charge in [0, 0.05) is 25.9 Å². The van der Waals surface area contributed by atoms with Crippen molar-refractivity contribution in [1.29, 1.82) is 0 Å². The molecule has 3 rings (SSSR count). The Morgan fingerprint density at radius 3 is 2.75 bits per heavy atom.